The molecule has 2 aromatic heterocycles. The fourth-order valence-electron chi connectivity index (χ4n) is 4.58. The van der Waals surface area contributed by atoms with Gasteiger partial charge in [-0.15, -0.1) is 11.3 Å². The molecule has 7 nitrogen and oxygen atoms in total. The van der Waals surface area contributed by atoms with E-state index in [4.69, 9.17) is 19.2 Å². The zero-order valence-corrected chi connectivity index (χ0v) is 25.1. The van der Waals surface area contributed by atoms with Crippen LogP contribution in [-0.2, 0) is 16.1 Å². The summed E-state index contributed by atoms with van der Waals surface area (Å²) in [6.07, 6.45) is 2.77. The maximum atomic E-state index is 13.9. The lowest BCUT2D eigenvalue weighted by atomic mass is 9.95. The molecule has 3 heterocycles. The molecule has 212 valence electrons. The van der Waals surface area contributed by atoms with Crippen LogP contribution in [0.5, 0.6) is 11.5 Å². The van der Waals surface area contributed by atoms with Gasteiger partial charge in [-0.05, 0) is 60.0 Å². The van der Waals surface area contributed by atoms with Crippen molar-refractivity contribution < 1.29 is 19.0 Å². The molecule has 1 atom stereocenters. The van der Waals surface area contributed by atoms with Crippen LogP contribution in [-0.4, -0.2) is 24.3 Å². The second-order valence-corrected chi connectivity index (χ2v) is 12.1. The first-order chi connectivity index (χ1) is 19.9. The van der Waals surface area contributed by atoms with Gasteiger partial charge in [0, 0.05) is 4.88 Å². The van der Waals surface area contributed by atoms with E-state index in [1.54, 1.807) is 29.9 Å². The average molecular weight is 589 g/mol. The van der Waals surface area contributed by atoms with Crippen LogP contribution in [0.1, 0.15) is 49.2 Å². The molecule has 0 N–H and O–H groups in total. The maximum Gasteiger partial charge on any atom is 0.338 e. The van der Waals surface area contributed by atoms with E-state index < -0.39 is 12.0 Å². The molecule has 0 saturated heterocycles. The lowest BCUT2D eigenvalue weighted by molar-refractivity contribution is -0.140. The SMILES string of the molecule is COc1cc(C2C(C(=O)OCc3ccccc3)=C(C)N=c3s/c(=C\c4cccs4)c(=O)n32)ccc1OCCC(C)C. The van der Waals surface area contributed by atoms with E-state index in [1.165, 1.54) is 11.3 Å². The summed E-state index contributed by atoms with van der Waals surface area (Å²) < 4.78 is 19.6. The Bertz CT molecular complexity index is 1730. The van der Waals surface area contributed by atoms with Gasteiger partial charge in [0.25, 0.3) is 5.56 Å². The minimum absolute atomic E-state index is 0.109. The number of carbonyl (C=O) groups excluding carboxylic acids is 1. The molecule has 2 aromatic carbocycles. The first-order valence-corrected chi connectivity index (χ1v) is 15.1. The van der Waals surface area contributed by atoms with Crippen LogP contribution in [0.3, 0.4) is 0 Å². The molecule has 0 radical (unpaired) electrons. The van der Waals surface area contributed by atoms with Gasteiger partial charge in [0.15, 0.2) is 16.3 Å². The second kappa shape index (κ2) is 12.7. The Labute approximate surface area is 246 Å². The van der Waals surface area contributed by atoms with Crippen molar-refractivity contribution in [1.82, 2.24) is 4.57 Å². The van der Waals surface area contributed by atoms with Gasteiger partial charge in [0.05, 0.1) is 35.6 Å². The van der Waals surface area contributed by atoms with Crippen molar-refractivity contribution in [2.75, 3.05) is 13.7 Å². The third kappa shape index (κ3) is 6.36. The molecule has 0 aliphatic carbocycles. The number of thiazole rings is 1. The first-order valence-electron chi connectivity index (χ1n) is 13.4. The fraction of sp³-hybridized carbons (Fsp3) is 0.281. The summed E-state index contributed by atoms with van der Waals surface area (Å²) >= 11 is 2.86. The van der Waals surface area contributed by atoms with E-state index in [-0.39, 0.29) is 12.2 Å². The molecular formula is C32H32N2O5S2. The molecule has 5 rings (SSSR count). The summed E-state index contributed by atoms with van der Waals surface area (Å²) in [6.45, 7) is 6.74. The van der Waals surface area contributed by atoms with Crippen molar-refractivity contribution in [3.8, 4) is 11.5 Å². The normalized spacial score (nSPS) is 15.0. The summed E-state index contributed by atoms with van der Waals surface area (Å²) in [7, 11) is 1.58. The van der Waals surface area contributed by atoms with Gasteiger partial charge in [-0.1, -0.05) is 67.6 Å². The topological polar surface area (TPSA) is 79.1 Å². The summed E-state index contributed by atoms with van der Waals surface area (Å²) in [5.41, 5.74) is 2.17. The highest BCUT2D eigenvalue weighted by Crippen LogP contribution is 2.36. The molecule has 1 aliphatic heterocycles. The van der Waals surface area contributed by atoms with Crippen LogP contribution in [0, 0.1) is 5.92 Å². The minimum Gasteiger partial charge on any atom is -0.493 e. The zero-order chi connectivity index (χ0) is 28.9. The Morgan fingerprint density at radius 1 is 1.10 bits per heavy atom. The fourth-order valence-corrected chi connectivity index (χ4v) is 6.35. The highest BCUT2D eigenvalue weighted by Gasteiger charge is 2.34. The number of methoxy groups -OCH3 is 1. The number of benzene rings is 2. The number of allylic oxidation sites excluding steroid dienone is 1. The maximum absolute atomic E-state index is 13.9. The van der Waals surface area contributed by atoms with Crippen molar-refractivity contribution >= 4 is 34.7 Å². The summed E-state index contributed by atoms with van der Waals surface area (Å²) in [6, 6.07) is 18.2. The van der Waals surface area contributed by atoms with Gasteiger partial charge in [-0.2, -0.15) is 0 Å². The molecule has 9 heteroatoms. The van der Waals surface area contributed by atoms with Gasteiger partial charge in [0.1, 0.15) is 6.61 Å². The number of nitrogens with zero attached hydrogens (tertiary/aromatic N) is 2. The lowest BCUT2D eigenvalue weighted by Crippen LogP contribution is -2.39. The number of fused-ring (bicyclic) bond motifs is 1. The van der Waals surface area contributed by atoms with Gasteiger partial charge in [-0.25, -0.2) is 9.79 Å². The molecule has 41 heavy (non-hydrogen) atoms. The lowest BCUT2D eigenvalue weighted by Gasteiger charge is -2.25. The van der Waals surface area contributed by atoms with E-state index in [1.807, 2.05) is 72.1 Å². The van der Waals surface area contributed by atoms with Crippen LogP contribution < -0.4 is 24.4 Å². The smallest absolute Gasteiger partial charge is 0.338 e. The van der Waals surface area contributed by atoms with Crippen molar-refractivity contribution in [3.63, 3.8) is 0 Å². The molecule has 1 aliphatic rings. The first kappa shape index (κ1) is 28.6. The number of ether oxygens (including phenoxy) is 3. The standard InChI is InChI=1S/C32H32N2O5S2/c1-20(2)14-15-38-25-13-12-23(17-26(25)37-4)29-28(31(36)39-19-22-9-6-5-7-10-22)21(3)33-32-34(29)30(35)27(41-32)18-24-11-8-16-40-24/h5-13,16-18,20,29H,14-15,19H2,1-4H3/b27-18-. The quantitative estimate of drug-likeness (QED) is 0.230. The molecule has 0 amide bonds. The number of hydrogen-bond donors (Lipinski definition) is 0. The van der Waals surface area contributed by atoms with Gasteiger partial charge in [0.2, 0.25) is 0 Å². The monoisotopic (exact) mass is 588 g/mol. The third-order valence-electron chi connectivity index (χ3n) is 6.73. The van der Waals surface area contributed by atoms with Gasteiger partial charge < -0.3 is 14.2 Å². The number of hydrogen-bond acceptors (Lipinski definition) is 8. The number of thiophene rings is 1. The van der Waals surface area contributed by atoms with E-state index in [0.29, 0.717) is 50.2 Å². The van der Waals surface area contributed by atoms with E-state index in [9.17, 15) is 9.59 Å². The number of esters is 1. The highest BCUT2D eigenvalue weighted by molar-refractivity contribution is 7.11. The van der Waals surface area contributed by atoms with Gasteiger partial charge in [-0.3, -0.25) is 9.36 Å². The Morgan fingerprint density at radius 3 is 2.61 bits per heavy atom. The summed E-state index contributed by atoms with van der Waals surface area (Å²) in [4.78, 5) is 33.7. The average Bonchev–Trinajstić information content (AvgIpc) is 3.59. The zero-order valence-electron chi connectivity index (χ0n) is 23.5. The van der Waals surface area contributed by atoms with E-state index in [2.05, 4.69) is 13.8 Å². The molecule has 4 aromatic rings. The molecule has 0 saturated carbocycles. The van der Waals surface area contributed by atoms with Crippen LogP contribution in [0.15, 0.2) is 87.1 Å². The van der Waals surface area contributed by atoms with Crippen LogP contribution in [0.2, 0.25) is 0 Å². The van der Waals surface area contributed by atoms with Crippen molar-refractivity contribution in [1.29, 1.82) is 0 Å². The number of aromatic nitrogens is 1. The molecule has 0 bridgehead atoms. The summed E-state index contributed by atoms with van der Waals surface area (Å²) in [5.74, 6) is 1.12. The minimum atomic E-state index is -0.751. The summed E-state index contributed by atoms with van der Waals surface area (Å²) in [5, 5.41) is 1.97. The Kier molecular flexibility index (Phi) is 8.85. The predicted octanol–water partition coefficient (Wildman–Crippen LogP) is 5.47. The highest BCUT2D eigenvalue weighted by atomic mass is 32.1. The van der Waals surface area contributed by atoms with E-state index in [0.717, 1.165) is 16.9 Å². The largest absolute Gasteiger partial charge is 0.493 e. The Balaban J connectivity index is 1.59. The molecule has 1 unspecified atom stereocenters. The Hall–Kier alpha value is -3.95. The third-order valence-corrected chi connectivity index (χ3v) is 8.53. The number of carbonyl (C=O) groups is 1. The predicted molar refractivity (Wildman–Crippen MR) is 162 cm³/mol. The molecule has 0 spiro atoms. The second-order valence-electron chi connectivity index (χ2n) is 10.1. The van der Waals surface area contributed by atoms with Crippen molar-refractivity contribution in [2.45, 2.75) is 39.8 Å². The molecular weight excluding hydrogens is 556 g/mol. The van der Waals surface area contributed by atoms with Crippen molar-refractivity contribution in [2.24, 2.45) is 10.9 Å². The van der Waals surface area contributed by atoms with Crippen LogP contribution >= 0.6 is 22.7 Å². The van der Waals surface area contributed by atoms with Crippen LogP contribution in [0.4, 0.5) is 0 Å². The number of rotatable bonds is 10. The Morgan fingerprint density at radius 2 is 1.90 bits per heavy atom. The molecule has 0 fully saturated rings. The van der Waals surface area contributed by atoms with E-state index >= 15 is 0 Å². The van der Waals surface area contributed by atoms with Crippen molar-refractivity contribution in [3.05, 3.63) is 113 Å². The van der Waals surface area contributed by atoms with Crippen LogP contribution in [0.25, 0.3) is 6.08 Å². The van der Waals surface area contributed by atoms with Gasteiger partial charge >= 0.3 is 5.97 Å².